The van der Waals surface area contributed by atoms with Crippen molar-refractivity contribution in [3.63, 3.8) is 0 Å². The zero-order valence-corrected chi connectivity index (χ0v) is 26.1. The largest absolute Gasteiger partial charge is 0.485 e. The van der Waals surface area contributed by atoms with Gasteiger partial charge in [0.25, 0.3) is 0 Å². The van der Waals surface area contributed by atoms with Crippen LogP contribution in [0.15, 0.2) is 48.5 Å². The van der Waals surface area contributed by atoms with Crippen LogP contribution in [0.2, 0.25) is 0 Å². The molecule has 4 heterocycles. The Kier molecular flexibility index (Phi) is 9.19. The topological polar surface area (TPSA) is 75.1 Å². The van der Waals surface area contributed by atoms with Crippen LogP contribution < -0.4 is 9.64 Å². The molecule has 0 radical (unpaired) electrons. The molecular weight excluding hydrogens is 557 g/mol. The maximum absolute atomic E-state index is 15.4. The molecule has 3 aliphatic heterocycles. The predicted octanol–water partition coefficient (Wildman–Crippen LogP) is 6.29. The molecule has 7 nitrogen and oxygen atoms in total. The molecule has 0 bridgehead atoms. The van der Waals surface area contributed by atoms with E-state index >= 15 is 4.39 Å². The second-order valence-corrected chi connectivity index (χ2v) is 12.6. The molecular formula is C36H44FN3O4. The third-order valence-electron chi connectivity index (χ3n) is 10.1. The van der Waals surface area contributed by atoms with Gasteiger partial charge in [-0.05, 0) is 91.5 Å². The summed E-state index contributed by atoms with van der Waals surface area (Å²) >= 11 is 0. The number of halogens is 1. The molecule has 0 unspecified atom stereocenters. The molecule has 44 heavy (non-hydrogen) atoms. The summed E-state index contributed by atoms with van der Waals surface area (Å²) in [4.78, 5) is 21.6. The number of ether oxygens (including phenoxy) is 2. The fraction of sp³-hybridized carbons (Fsp3) is 0.500. The van der Waals surface area contributed by atoms with Crippen molar-refractivity contribution in [1.82, 2.24) is 9.88 Å². The second-order valence-electron chi connectivity index (χ2n) is 12.6. The van der Waals surface area contributed by atoms with Crippen LogP contribution in [-0.4, -0.2) is 65.9 Å². The van der Waals surface area contributed by atoms with E-state index in [2.05, 4.69) is 28.9 Å². The van der Waals surface area contributed by atoms with Gasteiger partial charge in [0.15, 0.2) is 11.6 Å². The van der Waals surface area contributed by atoms with Crippen molar-refractivity contribution >= 4 is 11.8 Å². The number of para-hydroxylation sites is 1. The van der Waals surface area contributed by atoms with Crippen molar-refractivity contribution < 1.29 is 23.8 Å². The first-order valence-electron chi connectivity index (χ1n) is 16.2. The number of carbonyl (C=O) groups is 1. The summed E-state index contributed by atoms with van der Waals surface area (Å²) in [5.41, 5.74) is 6.28. The number of hydrogen-bond donors (Lipinski definition) is 1. The number of hydrogen-bond acceptors (Lipinski definition) is 6. The molecule has 0 saturated carbocycles. The van der Waals surface area contributed by atoms with Crippen LogP contribution >= 0.6 is 0 Å². The maximum Gasteiger partial charge on any atom is 0.308 e. The molecule has 6 rings (SSSR count). The fourth-order valence-corrected chi connectivity index (χ4v) is 7.67. The highest BCUT2D eigenvalue weighted by molar-refractivity contribution is 5.74. The fourth-order valence-electron chi connectivity index (χ4n) is 7.67. The SMILES string of the molecule is CC[C@@H]1[C@H](C(=O)O)[C@@H](C)CN1c1cccc(-c2cccc(F)c2OCc2ccc3c(c2C)CCN(C2CCOCC2)CC3)n1. The molecule has 8 heteroatoms. The zero-order chi connectivity index (χ0) is 30.8. The van der Waals surface area contributed by atoms with E-state index in [9.17, 15) is 9.90 Å². The molecule has 0 spiro atoms. The van der Waals surface area contributed by atoms with Crippen molar-refractivity contribution in [2.75, 3.05) is 37.7 Å². The third kappa shape index (κ3) is 6.07. The van der Waals surface area contributed by atoms with Gasteiger partial charge in [-0.2, -0.15) is 0 Å². The molecule has 0 aliphatic carbocycles. The van der Waals surface area contributed by atoms with Crippen molar-refractivity contribution in [2.45, 2.75) is 71.6 Å². The summed E-state index contributed by atoms with van der Waals surface area (Å²) in [6, 6.07) is 15.4. The van der Waals surface area contributed by atoms with Crippen LogP contribution in [0, 0.1) is 24.6 Å². The first-order valence-corrected chi connectivity index (χ1v) is 16.2. The smallest absolute Gasteiger partial charge is 0.308 e. The summed E-state index contributed by atoms with van der Waals surface area (Å²) in [5, 5.41) is 9.86. The molecule has 234 valence electrons. The number of aliphatic carboxylic acids is 1. The number of pyridine rings is 1. The van der Waals surface area contributed by atoms with Gasteiger partial charge < -0.3 is 19.5 Å². The number of carboxylic acids is 1. The van der Waals surface area contributed by atoms with Crippen LogP contribution in [0.3, 0.4) is 0 Å². The first kappa shape index (κ1) is 30.5. The number of nitrogens with zero attached hydrogens (tertiary/aromatic N) is 3. The molecule has 3 aromatic rings. The van der Waals surface area contributed by atoms with Crippen molar-refractivity contribution in [2.24, 2.45) is 11.8 Å². The predicted molar refractivity (Wildman–Crippen MR) is 170 cm³/mol. The lowest BCUT2D eigenvalue weighted by Crippen LogP contribution is -2.40. The van der Waals surface area contributed by atoms with Crippen molar-refractivity contribution in [3.05, 3.63) is 76.6 Å². The quantitative estimate of drug-likeness (QED) is 0.325. The molecule has 3 aliphatic rings. The number of anilines is 1. The Hall–Kier alpha value is -3.49. The van der Waals surface area contributed by atoms with Gasteiger partial charge in [-0.1, -0.05) is 38.1 Å². The molecule has 1 N–H and O–H groups in total. The number of carboxylic acid groups (broad SMARTS) is 1. The van der Waals surface area contributed by atoms with Gasteiger partial charge in [0.05, 0.1) is 11.6 Å². The highest BCUT2D eigenvalue weighted by Crippen LogP contribution is 2.38. The Morgan fingerprint density at radius 2 is 1.86 bits per heavy atom. The molecule has 2 fully saturated rings. The molecule has 3 atom stereocenters. The minimum absolute atomic E-state index is 0.00468. The van der Waals surface area contributed by atoms with E-state index in [0.29, 0.717) is 36.1 Å². The van der Waals surface area contributed by atoms with Gasteiger partial charge in [0.2, 0.25) is 0 Å². The summed E-state index contributed by atoms with van der Waals surface area (Å²) in [6.45, 7) is 10.9. The normalized spacial score (nSPS) is 22.9. The van der Waals surface area contributed by atoms with E-state index in [-0.39, 0.29) is 24.3 Å². The Bertz CT molecular complexity index is 1490. The summed E-state index contributed by atoms with van der Waals surface area (Å²) in [5.74, 6) is -0.758. The van der Waals surface area contributed by atoms with E-state index in [4.69, 9.17) is 14.5 Å². The summed E-state index contributed by atoms with van der Waals surface area (Å²) < 4.78 is 27.2. The van der Waals surface area contributed by atoms with E-state index in [1.165, 1.54) is 22.8 Å². The highest BCUT2D eigenvalue weighted by atomic mass is 19.1. The minimum Gasteiger partial charge on any atom is -0.485 e. The number of fused-ring (bicyclic) bond motifs is 1. The zero-order valence-electron chi connectivity index (χ0n) is 26.1. The van der Waals surface area contributed by atoms with Gasteiger partial charge in [-0.3, -0.25) is 9.69 Å². The number of benzene rings is 2. The van der Waals surface area contributed by atoms with Gasteiger partial charge in [-0.25, -0.2) is 9.37 Å². The number of rotatable bonds is 8. The average Bonchev–Trinajstić information content (AvgIpc) is 3.22. The Labute approximate surface area is 260 Å². The first-order chi connectivity index (χ1) is 21.4. The van der Waals surface area contributed by atoms with Crippen molar-refractivity contribution in [1.29, 1.82) is 0 Å². The highest BCUT2D eigenvalue weighted by Gasteiger charge is 2.43. The Balaban J connectivity index is 1.21. The van der Waals surface area contributed by atoms with Crippen LogP contribution in [0.25, 0.3) is 11.3 Å². The van der Waals surface area contributed by atoms with E-state index < -0.39 is 17.7 Å². The van der Waals surface area contributed by atoms with E-state index in [1.54, 1.807) is 6.07 Å². The minimum atomic E-state index is -0.770. The standard InChI is InChI=1S/C36H44FN3O4/c1-4-32-34(36(41)42)23(2)21-40(32)33-10-6-9-31(38-33)29-7-5-8-30(37)35(29)44-22-26-12-11-25-13-17-39(18-14-28(25)24(26)3)27-15-19-43-20-16-27/h5-12,23,27,32,34H,4,13-22H2,1-3H3,(H,41,42)/t23-,32+,34+/m0/s1. The van der Waals surface area contributed by atoms with Gasteiger partial charge in [0.1, 0.15) is 12.4 Å². The Morgan fingerprint density at radius 3 is 2.64 bits per heavy atom. The second kappa shape index (κ2) is 13.2. The van der Waals surface area contributed by atoms with Crippen LogP contribution in [-0.2, 0) is 29.0 Å². The molecule has 2 aromatic carbocycles. The molecule has 1 aromatic heterocycles. The van der Waals surface area contributed by atoms with Crippen LogP contribution in [0.4, 0.5) is 10.2 Å². The monoisotopic (exact) mass is 601 g/mol. The van der Waals surface area contributed by atoms with E-state index in [1.807, 2.05) is 38.1 Å². The van der Waals surface area contributed by atoms with E-state index in [0.717, 1.165) is 57.6 Å². The lowest BCUT2D eigenvalue weighted by Gasteiger charge is -2.33. The maximum atomic E-state index is 15.4. The summed E-state index contributed by atoms with van der Waals surface area (Å²) in [6.07, 6.45) is 4.96. The average molecular weight is 602 g/mol. The lowest BCUT2D eigenvalue weighted by atomic mass is 9.91. The van der Waals surface area contributed by atoms with Crippen LogP contribution in [0.5, 0.6) is 5.75 Å². The molecule has 2 saturated heterocycles. The van der Waals surface area contributed by atoms with Gasteiger partial charge >= 0.3 is 5.97 Å². The third-order valence-corrected chi connectivity index (χ3v) is 10.1. The summed E-state index contributed by atoms with van der Waals surface area (Å²) in [7, 11) is 0. The lowest BCUT2D eigenvalue weighted by molar-refractivity contribution is -0.143. The molecule has 0 amide bonds. The Morgan fingerprint density at radius 1 is 1.09 bits per heavy atom. The van der Waals surface area contributed by atoms with Crippen molar-refractivity contribution in [3.8, 4) is 17.0 Å². The van der Waals surface area contributed by atoms with Crippen LogP contribution in [0.1, 0.15) is 55.4 Å². The van der Waals surface area contributed by atoms with Gasteiger partial charge in [-0.15, -0.1) is 0 Å². The number of aromatic nitrogens is 1. The van der Waals surface area contributed by atoms with Gasteiger partial charge in [0, 0.05) is 50.5 Å².